The Morgan fingerprint density at radius 3 is 2.55 bits per heavy atom. The zero-order chi connectivity index (χ0) is 15.3. The van der Waals surface area contributed by atoms with Gasteiger partial charge in [-0.05, 0) is 6.07 Å². The molecule has 0 spiro atoms. The lowest BCUT2D eigenvalue weighted by Gasteiger charge is -2.15. The van der Waals surface area contributed by atoms with Gasteiger partial charge in [-0.1, -0.05) is 56.4 Å². The van der Waals surface area contributed by atoms with Gasteiger partial charge in [0, 0.05) is 28.3 Å². The number of benzene rings is 1. The molecular weight excluding hydrogens is 369 g/mol. The van der Waals surface area contributed by atoms with Crippen molar-refractivity contribution in [3.8, 4) is 0 Å². The number of non-ortho nitro benzene ring substituents is 1. The Morgan fingerprint density at radius 1 is 1.40 bits per heavy atom. The van der Waals surface area contributed by atoms with Gasteiger partial charge in [0.25, 0.3) is 5.69 Å². The van der Waals surface area contributed by atoms with Gasteiger partial charge in [-0.2, -0.15) is 0 Å². The Bertz CT molecular complexity index is 522. The van der Waals surface area contributed by atoms with Crippen molar-refractivity contribution in [2.45, 2.75) is 15.1 Å². The van der Waals surface area contributed by atoms with Crippen LogP contribution in [0.1, 0.15) is 12.0 Å². The van der Waals surface area contributed by atoms with E-state index < -0.39 is 14.7 Å². The van der Waals surface area contributed by atoms with Gasteiger partial charge in [-0.25, -0.2) is 0 Å². The van der Waals surface area contributed by atoms with Crippen molar-refractivity contribution in [3.63, 3.8) is 0 Å². The summed E-state index contributed by atoms with van der Waals surface area (Å²) in [5, 5.41) is 19.3. The van der Waals surface area contributed by atoms with Crippen LogP contribution < -0.4 is 0 Å². The zero-order valence-corrected chi connectivity index (χ0v) is 13.6. The number of aliphatic carboxylic acids is 1. The number of nitro groups is 1. The number of carboxylic acids is 1. The van der Waals surface area contributed by atoms with Crippen LogP contribution in [0.25, 0.3) is 0 Å². The van der Waals surface area contributed by atoms with Gasteiger partial charge in [0.1, 0.15) is 0 Å². The van der Waals surface area contributed by atoms with Gasteiger partial charge in [0.05, 0.1) is 11.3 Å². The van der Waals surface area contributed by atoms with Crippen molar-refractivity contribution < 1.29 is 14.8 Å². The summed E-state index contributed by atoms with van der Waals surface area (Å²) in [6, 6.07) is 3.99. The van der Waals surface area contributed by atoms with E-state index in [4.69, 9.17) is 39.9 Å². The first-order valence-corrected chi connectivity index (χ1v) is 8.54. The van der Waals surface area contributed by atoms with Crippen LogP contribution in [-0.2, 0) is 8.59 Å². The first-order valence-electron chi connectivity index (χ1n) is 5.08. The standard InChI is InChI=1S/C10H8Cl3NO4S2/c11-10(12,13)7-5-6(14(17)18)1-2-8(7)20-19-4-3-9(15)16/h1-2,5H,3-4H2,(H,15,16). The molecule has 0 radical (unpaired) electrons. The zero-order valence-electron chi connectivity index (χ0n) is 9.72. The van der Waals surface area contributed by atoms with Crippen LogP contribution in [0.5, 0.6) is 0 Å². The molecule has 110 valence electrons. The Labute approximate surface area is 137 Å². The third-order valence-corrected chi connectivity index (χ3v) is 5.05. The van der Waals surface area contributed by atoms with Crippen molar-refractivity contribution in [2.24, 2.45) is 0 Å². The van der Waals surface area contributed by atoms with E-state index in [1.807, 2.05) is 0 Å². The van der Waals surface area contributed by atoms with Gasteiger partial charge in [0.2, 0.25) is 3.79 Å². The van der Waals surface area contributed by atoms with E-state index >= 15 is 0 Å². The maximum Gasteiger partial charge on any atom is 0.304 e. The molecular formula is C10H8Cl3NO4S2. The van der Waals surface area contributed by atoms with Crippen molar-refractivity contribution >= 4 is 68.0 Å². The molecule has 1 N–H and O–H groups in total. The molecule has 5 nitrogen and oxygen atoms in total. The molecule has 1 aromatic carbocycles. The Hall–Kier alpha value is -0.340. The third-order valence-electron chi connectivity index (χ3n) is 2.03. The number of alkyl halides is 3. The molecule has 0 saturated heterocycles. The second-order valence-electron chi connectivity index (χ2n) is 3.48. The van der Waals surface area contributed by atoms with Gasteiger partial charge < -0.3 is 5.11 Å². The summed E-state index contributed by atoms with van der Waals surface area (Å²) < 4.78 is -1.79. The molecule has 0 aliphatic rings. The maximum absolute atomic E-state index is 10.7. The van der Waals surface area contributed by atoms with Crippen LogP contribution in [0.3, 0.4) is 0 Å². The second-order valence-corrected chi connectivity index (χ2v) is 8.22. The third kappa shape index (κ3) is 5.57. The van der Waals surface area contributed by atoms with Gasteiger partial charge in [-0.15, -0.1) is 0 Å². The van der Waals surface area contributed by atoms with Crippen molar-refractivity contribution in [3.05, 3.63) is 33.9 Å². The summed E-state index contributed by atoms with van der Waals surface area (Å²) in [6.45, 7) is 0. The van der Waals surface area contributed by atoms with E-state index in [1.165, 1.54) is 39.8 Å². The molecule has 0 amide bonds. The maximum atomic E-state index is 10.7. The molecule has 0 aliphatic carbocycles. The van der Waals surface area contributed by atoms with Crippen LogP contribution in [0.4, 0.5) is 5.69 Å². The largest absolute Gasteiger partial charge is 0.481 e. The van der Waals surface area contributed by atoms with Gasteiger partial charge in [0.15, 0.2) is 0 Å². The Kier molecular flexibility index (Phi) is 6.74. The number of carboxylic acid groups (broad SMARTS) is 1. The molecule has 0 bridgehead atoms. The van der Waals surface area contributed by atoms with E-state index in [9.17, 15) is 14.9 Å². The molecule has 1 rings (SSSR count). The number of carbonyl (C=O) groups is 1. The normalized spacial score (nSPS) is 11.3. The number of nitro benzene ring substituents is 1. The number of hydrogen-bond donors (Lipinski definition) is 1. The van der Waals surface area contributed by atoms with Crippen molar-refractivity contribution in [2.75, 3.05) is 5.75 Å². The summed E-state index contributed by atoms with van der Waals surface area (Å²) in [5.41, 5.74) is 0.0238. The van der Waals surface area contributed by atoms with Gasteiger partial charge >= 0.3 is 5.97 Å². The lowest BCUT2D eigenvalue weighted by Crippen LogP contribution is -2.03. The van der Waals surface area contributed by atoms with Gasteiger partial charge in [-0.3, -0.25) is 14.9 Å². The lowest BCUT2D eigenvalue weighted by molar-refractivity contribution is -0.385. The molecule has 0 aromatic heterocycles. The Balaban J connectivity index is 2.89. The topological polar surface area (TPSA) is 80.4 Å². The first kappa shape index (κ1) is 17.7. The summed E-state index contributed by atoms with van der Waals surface area (Å²) >= 11 is 17.4. The summed E-state index contributed by atoms with van der Waals surface area (Å²) in [4.78, 5) is 21.1. The molecule has 0 aliphatic heterocycles. The minimum atomic E-state index is -1.79. The first-order chi connectivity index (χ1) is 9.21. The van der Waals surface area contributed by atoms with Crippen LogP contribution in [-0.4, -0.2) is 21.8 Å². The highest BCUT2D eigenvalue weighted by Gasteiger charge is 2.28. The quantitative estimate of drug-likeness (QED) is 0.256. The number of rotatable bonds is 6. The summed E-state index contributed by atoms with van der Waals surface area (Å²) in [6.07, 6.45) is 0.00769. The number of hydrogen-bond acceptors (Lipinski definition) is 5. The van der Waals surface area contributed by atoms with Crippen molar-refractivity contribution in [1.29, 1.82) is 0 Å². The number of halogens is 3. The van der Waals surface area contributed by atoms with Crippen LogP contribution in [0.2, 0.25) is 0 Å². The minimum absolute atomic E-state index is 0.00769. The smallest absolute Gasteiger partial charge is 0.304 e. The van der Waals surface area contributed by atoms with E-state index in [2.05, 4.69) is 0 Å². The molecule has 0 atom stereocenters. The van der Waals surface area contributed by atoms with Crippen LogP contribution in [0.15, 0.2) is 23.1 Å². The second kappa shape index (κ2) is 7.61. The highest BCUT2D eigenvalue weighted by atomic mass is 35.6. The summed E-state index contributed by atoms with van der Waals surface area (Å²) in [7, 11) is 2.48. The molecule has 1 aromatic rings. The molecule has 20 heavy (non-hydrogen) atoms. The highest BCUT2D eigenvalue weighted by molar-refractivity contribution is 8.76. The van der Waals surface area contributed by atoms with E-state index in [0.29, 0.717) is 10.6 Å². The van der Waals surface area contributed by atoms with Crippen LogP contribution >= 0.6 is 56.4 Å². The fourth-order valence-electron chi connectivity index (χ4n) is 1.16. The molecule has 10 heteroatoms. The average molecular weight is 377 g/mol. The average Bonchev–Trinajstić information content (AvgIpc) is 2.33. The number of nitrogens with zero attached hydrogens (tertiary/aromatic N) is 1. The minimum Gasteiger partial charge on any atom is -0.481 e. The highest BCUT2D eigenvalue weighted by Crippen LogP contribution is 2.46. The predicted molar refractivity (Wildman–Crippen MR) is 82.9 cm³/mol. The fourth-order valence-corrected chi connectivity index (χ4v) is 4.01. The Morgan fingerprint density at radius 2 is 2.05 bits per heavy atom. The fraction of sp³-hybridized carbons (Fsp3) is 0.300. The monoisotopic (exact) mass is 375 g/mol. The molecule has 0 heterocycles. The molecule has 0 fully saturated rings. The van der Waals surface area contributed by atoms with Crippen molar-refractivity contribution in [1.82, 2.24) is 0 Å². The van der Waals surface area contributed by atoms with E-state index in [1.54, 1.807) is 0 Å². The predicted octanol–water partition coefficient (Wildman–Crippen LogP) is 4.64. The SMILES string of the molecule is O=C(O)CCSSc1ccc([N+](=O)[O-])cc1C(Cl)(Cl)Cl. The lowest BCUT2D eigenvalue weighted by atomic mass is 10.2. The van der Waals surface area contributed by atoms with E-state index in [-0.39, 0.29) is 17.7 Å². The molecule has 0 saturated carbocycles. The van der Waals surface area contributed by atoms with Crippen LogP contribution in [0, 0.1) is 10.1 Å². The summed E-state index contributed by atoms with van der Waals surface area (Å²) in [5.74, 6) is -0.528. The molecule has 0 unspecified atom stereocenters. The van der Waals surface area contributed by atoms with E-state index in [0.717, 1.165) is 0 Å².